The zero-order valence-electron chi connectivity index (χ0n) is 11.0. The van der Waals surface area contributed by atoms with Crippen LogP contribution in [-0.4, -0.2) is 50.0 Å². The SMILES string of the molecule is C[NH+]1CCN(C(=O)[C@H]2CCCC[C@H]2C(=O)[O-])CC1. The molecular weight excluding hydrogens is 232 g/mol. The summed E-state index contributed by atoms with van der Waals surface area (Å²) in [6.45, 7) is 3.41. The number of carbonyl (C=O) groups excluding carboxylic acids is 2. The molecule has 2 aliphatic rings. The van der Waals surface area contributed by atoms with Crippen molar-refractivity contribution in [2.45, 2.75) is 25.7 Å². The quantitative estimate of drug-likeness (QED) is 0.614. The van der Waals surface area contributed by atoms with Gasteiger partial charge in [-0.2, -0.15) is 0 Å². The molecule has 1 heterocycles. The molecule has 1 aliphatic heterocycles. The third-order valence-electron chi connectivity index (χ3n) is 4.31. The number of piperazine rings is 1. The summed E-state index contributed by atoms with van der Waals surface area (Å²) in [7, 11) is 2.12. The van der Waals surface area contributed by atoms with Crippen molar-refractivity contribution in [3.63, 3.8) is 0 Å². The molecule has 0 unspecified atom stereocenters. The Morgan fingerprint density at radius 3 is 2.22 bits per heavy atom. The molecular formula is C13H22N2O3. The number of carbonyl (C=O) groups is 2. The van der Waals surface area contributed by atoms with Crippen LogP contribution in [0.2, 0.25) is 0 Å². The minimum Gasteiger partial charge on any atom is -0.550 e. The van der Waals surface area contributed by atoms with Gasteiger partial charge in [0.1, 0.15) is 0 Å². The van der Waals surface area contributed by atoms with Crippen LogP contribution < -0.4 is 10.0 Å². The van der Waals surface area contributed by atoms with Crippen LogP contribution in [0, 0.1) is 11.8 Å². The minimum absolute atomic E-state index is 0.0383. The van der Waals surface area contributed by atoms with Crippen LogP contribution >= 0.6 is 0 Å². The summed E-state index contributed by atoms with van der Waals surface area (Å²) in [5, 5.41) is 11.1. The molecule has 0 aromatic rings. The van der Waals surface area contributed by atoms with Gasteiger partial charge in [-0.1, -0.05) is 12.8 Å². The Balaban J connectivity index is 2.00. The van der Waals surface area contributed by atoms with Crippen LogP contribution in [-0.2, 0) is 9.59 Å². The average molecular weight is 254 g/mol. The van der Waals surface area contributed by atoms with E-state index in [0.717, 1.165) is 39.0 Å². The molecule has 0 spiro atoms. The van der Waals surface area contributed by atoms with E-state index in [9.17, 15) is 14.7 Å². The zero-order valence-corrected chi connectivity index (χ0v) is 11.0. The van der Waals surface area contributed by atoms with E-state index in [4.69, 9.17) is 0 Å². The van der Waals surface area contributed by atoms with Crippen molar-refractivity contribution in [3.05, 3.63) is 0 Å². The van der Waals surface area contributed by atoms with E-state index in [-0.39, 0.29) is 11.8 Å². The summed E-state index contributed by atoms with van der Waals surface area (Å²) in [5.74, 6) is -1.93. The summed E-state index contributed by atoms with van der Waals surface area (Å²) in [4.78, 5) is 26.8. The van der Waals surface area contributed by atoms with Crippen molar-refractivity contribution in [1.82, 2.24) is 4.90 Å². The first-order chi connectivity index (χ1) is 8.59. The minimum atomic E-state index is -1.05. The number of likely N-dealkylation sites (N-methyl/N-ethyl adjacent to an activating group) is 1. The summed E-state index contributed by atoms with van der Waals surface area (Å²) in [6.07, 6.45) is 3.16. The predicted octanol–water partition coefficient (Wildman–Crippen LogP) is -2.10. The predicted molar refractivity (Wildman–Crippen MR) is 63.7 cm³/mol. The highest BCUT2D eigenvalue weighted by Crippen LogP contribution is 2.31. The Morgan fingerprint density at radius 2 is 1.67 bits per heavy atom. The second-order valence-corrected chi connectivity index (χ2v) is 5.60. The number of carboxylic acids is 1. The van der Waals surface area contributed by atoms with Crippen LogP contribution in [0.15, 0.2) is 0 Å². The molecule has 1 saturated heterocycles. The molecule has 1 aliphatic carbocycles. The number of aliphatic carboxylic acids is 1. The summed E-state index contributed by atoms with van der Waals surface area (Å²) in [5.41, 5.74) is 0. The van der Waals surface area contributed by atoms with E-state index >= 15 is 0 Å². The molecule has 1 saturated carbocycles. The number of carboxylic acid groups (broad SMARTS) is 1. The van der Waals surface area contributed by atoms with Crippen LogP contribution in [0.25, 0.3) is 0 Å². The Hall–Kier alpha value is -1.10. The second kappa shape index (κ2) is 5.69. The van der Waals surface area contributed by atoms with Gasteiger partial charge in [0.05, 0.1) is 33.2 Å². The van der Waals surface area contributed by atoms with Crippen molar-refractivity contribution in [2.75, 3.05) is 33.2 Å². The van der Waals surface area contributed by atoms with Crippen LogP contribution in [0.5, 0.6) is 0 Å². The van der Waals surface area contributed by atoms with Gasteiger partial charge in [0.15, 0.2) is 0 Å². The van der Waals surface area contributed by atoms with Gasteiger partial charge in [0, 0.05) is 17.8 Å². The lowest BCUT2D eigenvalue weighted by molar-refractivity contribution is -0.883. The van der Waals surface area contributed by atoms with Crippen molar-refractivity contribution < 1.29 is 19.6 Å². The van der Waals surface area contributed by atoms with Crippen LogP contribution in [0.4, 0.5) is 0 Å². The van der Waals surface area contributed by atoms with Crippen LogP contribution in [0.3, 0.4) is 0 Å². The van der Waals surface area contributed by atoms with E-state index < -0.39 is 11.9 Å². The maximum atomic E-state index is 12.4. The zero-order chi connectivity index (χ0) is 13.1. The molecule has 5 heteroatoms. The lowest BCUT2D eigenvalue weighted by Crippen LogP contribution is -3.12. The van der Waals surface area contributed by atoms with E-state index in [1.165, 1.54) is 4.90 Å². The second-order valence-electron chi connectivity index (χ2n) is 5.60. The fourth-order valence-electron chi connectivity index (χ4n) is 3.05. The molecule has 1 amide bonds. The Morgan fingerprint density at radius 1 is 1.11 bits per heavy atom. The standard InChI is InChI=1S/C13H22N2O3/c1-14-6-8-15(9-7-14)12(16)10-4-2-3-5-11(10)13(17)18/h10-11H,2-9H2,1H3,(H,17,18)/t10-,11+/m0/s1. The molecule has 18 heavy (non-hydrogen) atoms. The Labute approximate surface area is 108 Å². The van der Waals surface area contributed by atoms with Gasteiger partial charge in [-0.05, 0) is 12.8 Å². The summed E-state index contributed by atoms with van der Waals surface area (Å²) >= 11 is 0. The van der Waals surface area contributed by atoms with Gasteiger partial charge < -0.3 is 19.7 Å². The van der Waals surface area contributed by atoms with E-state index in [1.807, 2.05) is 4.90 Å². The topological polar surface area (TPSA) is 64.9 Å². The highest BCUT2D eigenvalue weighted by molar-refractivity contribution is 5.84. The summed E-state index contributed by atoms with van der Waals surface area (Å²) in [6, 6.07) is 0. The molecule has 2 atom stereocenters. The first-order valence-corrected chi connectivity index (χ1v) is 6.90. The van der Waals surface area contributed by atoms with Crippen molar-refractivity contribution in [3.8, 4) is 0 Å². The van der Waals surface area contributed by atoms with Crippen LogP contribution in [0.1, 0.15) is 25.7 Å². The number of amides is 1. The molecule has 5 nitrogen and oxygen atoms in total. The Bertz CT molecular complexity index is 324. The first kappa shape index (κ1) is 13.3. The monoisotopic (exact) mass is 254 g/mol. The van der Waals surface area contributed by atoms with Crippen molar-refractivity contribution in [1.29, 1.82) is 0 Å². The van der Waals surface area contributed by atoms with Crippen molar-refractivity contribution in [2.24, 2.45) is 11.8 Å². The number of nitrogens with one attached hydrogen (secondary N) is 1. The van der Waals surface area contributed by atoms with Gasteiger partial charge in [-0.15, -0.1) is 0 Å². The summed E-state index contributed by atoms with van der Waals surface area (Å²) < 4.78 is 0. The lowest BCUT2D eigenvalue weighted by Gasteiger charge is -2.37. The van der Waals surface area contributed by atoms with Gasteiger partial charge in [-0.3, -0.25) is 4.79 Å². The maximum absolute atomic E-state index is 12.4. The van der Waals surface area contributed by atoms with E-state index in [1.54, 1.807) is 0 Å². The molecule has 1 N–H and O–H groups in total. The number of nitrogens with zero attached hydrogens (tertiary/aromatic N) is 1. The van der Waals surface area contributed by atoms with Crippen molar-refractivity contribution >= 4 is 11.9 Å². The number of hydrogen-bond donors (Lipinski definition) is 1. The highest BCUT2D eigenvalue weighted by atomic mass is 16.4. The molecule has 0 bridgehead atoms. The van der Waals surface area contributed by atoms with Gasteiger partial charge in [0.25, 0.3) is 0 Å². The van der Waals surface area contributed by atoms with Gasteiger partial charge in [-0.25, -0.2) is 0 Å². The lowest BCUT2D eigenvalue weighted by atomic mass is 9.78. The molecule has 102 valence electrons. The van der Waals surface area contributed by atoms with Gasteiger partial charge in [0.2, 0.25) is 5.91 Å². The van der Waals surface area contributed by atoms with E-state index in [0.29, 0.717) is 12.8 Å². The van der Waals surface area contributed by atoms with Gasteiger partial charge >= 0.3 is 0 Å². The number of rotatable bonds is 2. The third-order valence-corrected chi connectivity index (χ3v) is 4.31. The average Bonchev–Trinajstić information content (AvgIpc) is 2.39. The molecule has 2 fully saturated rings. The third kappa shape index (κ3) is 2.83. The highest BCUT2D eigenvalue weighted by Gasteiger charge is 2.35. The molecule has 0 aromatic carbocycles. The molecule has 2 rings (SSSR count). The molecule has 0 radical (unpaired) electrons. The fourth-order valence-corrected chi connectivity index (χ4v) is 3.05. The smallest absolute Gasteiger partial charge is 0.226 e. The number of hydrogen-bond acceptors (Lipinski definition) is 3. The normalized spacial score (nSPS) is 30.2. The number of quaternary nitrogens is 1. The fraction of sp³-hybridized carbons (Fsp3) is 0.846. The molecule has 0 aromatic heterocycles. The maximum Gasteiger partial charge on any atom is 0.226 e. The van der Waals surface area contributed by atoms with E-state index in [2.05, 4.69) is 7.05 Å². The Kier molecular flexibility index (Phi) is 4.22. The largest absolute Gasteiger partial charge is 0.550 e. The first-order valence-electron chi connectivity index (χ1n) is 6.90.